The number of halogens is 1. The quantitative estimate of drug-likeness (QED) is 0.742. The first kappa shape index (κ1) is 10.9. The molecular weight excluding hydrogens is 195 g/mol. The minimum atomic E-state index is -0.844. The minimum Gasteiger partial charge on any atom is -0.341 e. The predicted molar refractivity (Wildman–Crippen MR) is 56.3 cm³/mol. The van der Waals surface area contributed by atoms with Gasteiger partial charge in [-0.2, -0.15) is 0 Å². The van der Waals surface area contributed by atoms with Crippen LogP contribution in [-0.4, -0.2) is 42.7 Å². The molecule has 86 valence electrons. The zero-order valence-corrected chi connectivity index (χ0v) is 9.21. The van der Waals surface area contributed by atoms with Gasteiger partial charge in [-0.25, -0.2) is 4.39 Å². The fourth-order valence-electron chi connectivity index (χ4n) is 2.47. The van der Waals surface area contributed by atoms with Crippen molar-refractivity contribution >= 4 is 5.91 Å². The average molecular weight is 214 g/mol. The van der Waals surface area contributed by atoms with Crippen molar-refractivity contribution in [2.24, 2.45) is 5.92 Å². The molecule has 1 N–H and O–H groups in total. The van der Waals surface area contributed by atoms with E-state index in [1.165, 1.54) is 0 Å². The molecule has 15 heavy (non-hydrogen) atoms. The van der Waals surface area contributed by atoms with Gasteiger partial charge >= 0.3 is 0 Å². The number of nitrogens with zero attached hydrogens (tertiary/aromatic N) is 1. The standard InChI is InChI=1S/C11H19FN2O/c1-2-8-3-4-14(7-8)11(15)10-5-9(12)6-13-10/h8-10,13H,2-7H2,1H3/t8?,9-,10+/m0/s1. The first-order valence-corrected chi connectivity index (χ1v) is 5.87. The van der Waals surface area contributed by atoms with Gasteiger partial charge in [0.1, 0.15) is 6.17 Å². The molecule has 0 spiro atoms. The second kappa shape index (κ2) is 4.47. The molecule has 3 atom stereocenters. The van der Waals surface area contributed by atoms with Crippen LogP contribution in [0, 0.1) is 5.92 Å². The maximum Gasteiger partial charge on any atom is 0.239 e. The van der Waals surface area contributed by atoms with Crippen molar-refractivity contribution in [3.8, 4) is 0 Å². The Morgan fingerprint density at radius 2 is 2.40 bits per heavy atom. The predicted octanol–water partition coefficient (Wildman–Crippen LogP) is 0.945. The van der Waals surface area contributed by atoms with Gasteiger partial charge in [-0.1, -0.05) is 13.3 Å². The van der Waals surface area contributed by atoms with Gasteiger partial charge in [0.05, 0.1) is 6.04 Å². The number of hydrogen-bond acceptors (Lipinski definition) is 2. The lowest BCUT2D eigenvalue weighted by Gasteiger charge is -2.20. The molecular formula is C11H19FN2O. The van der Waals surface area contributed by atoms with Crippen LogP contribution in [0.2, 0.25) is 0 Å². The van der Waals surface area contributed by atoms with E-state index in [-0.39, 0.29) is 11.9 Å². The smallest absolute Gasteiger partial charge is 0.239 e. The molecule has 2 aliphatic heterocycles. The topological polar surface area (TPSA) is 32.3 Å². The van der Waals surface area contributed by atoms with Gasteiger partial charge in [0, 0.05) is 26.1 Å². The van der Waals surface area contributed by atoms with Crippen molar-refractivity contribution < 1.29 is 9.18 Å². The van der Waals surface area contributed by atoms with Crippen LogP contribution in [0.1, 0.15) is 26.2 Å². The molecule has 0 aromatic heterocycles. The molecule has 1 amide bonds. The molecule has 0 bridgehead atoms. The van der Waals surface area contributed by atoms with Crippen molar-refractivity contribution in [1.29, 1.82) is 0 Å². The van der Waals surface area contributed by atoms with Crippen molar-refractivity contribution in [2.45, 2.75) is 38.4 Å². The zero-order valence-electron chi connectivity index (χ0n) is 9.21. The number of carbonyl (C=O) groups is 1. The van der Waals surface area contributed by atoms with Crippen LogP contribution in [0.3, 0.4) is 0 Å². The summed E-state index contributed by atoms with van der Waals surface area (Å²) in [6.07, 6.45) is 1.75. The lowest BCUT2D eigenvalue weighted by Crippen LogP contribution is -2.42. The largest absolute Gasteiger partial charge is 0.341 e. The van der Waals surface area contributed by atoms with E-state index in [0.29, 0.717) is 18.9 Å². The number of amides is 1. The Balaban J connectivity index is 1.86. The highest BCUT2D eigenvalue weighted by Crippen LogP contribution is 2.21. The highest BCUT2D eigenvalue weighted by molar-refractivity contribution is 5.82. The Morgan fingerprint density at radius 1 is 1.60 bits per heavy atom. The SMILES string of the molecule is CCC1CCN(C(=O)[C@H]2C[C@H](F)CN2)C1. The average Bonchev–Trinajstić information content (AvgIpc) is 2.84. The second-order valence-corrected chi connectivity index (χ2v) is 4.64. The van der Waals surface area contributed by atoms with Gasteiger partial charge < -0.3 is 10.2 Å². The van der Waals surface area contributed by atoms with Crippen LogP contribution in [0.15, 0.2) is 0 Å². The molecule has 2 heterocycles. The molecule has 3 nitrogen and oxygen atoms in total. The number of carbonyl (C=O) groups excluding carboxylic acids is 1. The maximum absolute atomic E-state index is 12.9. The molecule has 2 aliphatic rings. The number of alkyl halides is 1. The van der Waals surface area contributed by atoms with E-state index in [9.17, 15) is 9.18 Å². The van der Waals surface area contributed by atoms with Gasteiger partial charge in [0.25, 0.3) is 0 Å². The summed E-state index contributed by atoms with van der Waals surface area (Å²) in [6, 6.07) is -0.268. The molecule has 0 saturated carbocycles. The monoisotopic (exact) mass is 214 g/mol. The summed E-state index contributed by atoms with van der Waals surface area (Å²) in [5, 5.41) is 2.95. The third-order valence-electron chi connectivity index (χ3n) is 3.55. The summed E-state index contributed by atoms with van der Waals surface area (Å²) in [5.41, 5.74) is 0. The lowest BCUT2D eigenvalue weighted by atomic mass is 10.1. The fraction of sp³-hybridized carbons (Fsp3) is 0.909. The number of nitrogens with one attached hydrogen (secondary N) is 1. The van der Waals surface area contributed by atoms with Crippen molar-refractivity contribution in [1.82, 2.24) is 10.2 Å². The van der Waals surface area contributed by atoms with Crippen LogP contribution in [-0.2, 0) is 4.79 Å². The lowest BCUT2D eigenvalue weighted by molar-refractivity contribution is -0.132. The molecule has 2 fully saturated rings. The van der Waals surface area contributed by atoms with E-state index in [1.807, 2.05) is 4.90 Å². The Labute approximate surface area is 90.0 Å². The van der Waals surface area contributed by atoms with E-state index >= 15 is 0 Å². The molecule has 0 aromatic carbocycles. The number of hydrogen-bond donors (Lipinski definition) is 1. The molecule has 0 radical (unpaired) electrons. The first-order chi connectivity index (χ1) is 7.20. The fourth-order valence-corrected chi connectivity index (χ4v) is 2.47. The zero-order chi connectivity index (χ0) is 10.8. The van der Waals surface area contributed by atoms with Gasteiger partial charge in [-0.15, -0.1) is 0 Å². The molecule has 2 rings (SSSR count). The van der Waals surface area contributed by atoms with E-state index in [4.69, 9.17) is 0 Å². The van der Waals surface area contributed by atoms with E-state index in [1.54, 1.807) is 0 Å². The summed E-state index contributed by atoms with van der Waals surface area (Å²) in [7, 11) is 0. The Morgan fingerprint density at radius 3 is 2.93 bits per heavy atom. The van der Waals surface area contributed by atoms with Crippen LogP contribution >= 0.6 is 0 Å². The van der Waals surface area contributed by atoms with Crippen LogP contribution in [0.4, 0.5) is 4.39 Å². The van der Waals surface area contributed by atoms with E-state index < -0.39 is 6.17 Å². The normalized spacial score (nSPS) is 36.1. The summed E-state index contributed by atoms with van der Waals surface area (Å²) in [4.78, 5) is 13.8. The highest BCUT2D eigenvalue weighted by Gasteiger charge is 2.34. The first-order valence-electron chi connectivity index (χ1n) is 5.87. The Kier molecular flexibility index (Phi) is 3.24. The van der Waals surface area contributed by atoms with Gasteiger partial charge in [0.15, 0.2) is 0 Å². The van der Waals surface area contributed by atoms with Crippen LogP contribution in [0.25, 0.3) is 0 Å². The summed E-state index contributed by atoms with van der Waals surface area (Å²) < 4.78 is 12.9. The summed E-state index contributed by atoms with van der Waals surface area (Å²) >= 11 is 0. The van der Waals surface area contributed by atoms with Crippen molar-refractivity contribution in [3.05, 3.63) is 0 Å². The third kappa shape index (κ3) is 2.30. The molecule has 0 aliphatic carbocycles. The Bertz CT molecular complexity index is 247. The number of likely N-dealkylation sites (tertiary alicyclic amines) is 1. The minimum absolute atomic E-state index is 0.103. The van der Waals surface area contributed by atoms with E-state index in [0.717, 1.165) is 25.9 Å². The van der Waals surface area contributed by atoms with Gasteiger partial charge in [-0.3, -0.25) is 4.79 Å². The van der Waals surface area contributed by atoms with Gasteiger partial charge in [-0.05, 0) is 12.3 Å². The van der Waals surface area contributed by atoms with E-state index in [2.05, 4.69) is 12.2 Å². The molecule has 1 unspecified atom stereocenters. The summed E-state index contributed by atoms with van der Waals surface area (Å²) in [5.74, 6) is 0.752. The number of rotatable bonds is 2. The highest BCUT2D eigenvalue weighted by atomic mass is 19.1. The van der Waals surface area contributed by atoms with Crippen LogP contribution < -0.4 is 5.32 Å². The molecule has 2 saturated heterocycles. The van der Waals surface area contributed by atoms with Crippen molar-refractivity contribution in [2.75, 3.05) is 19.6 Å². The second-order valence-electron chi connectivity index (χ2n) is 4.64. The third-order valence-corrected chi connectivity index (χ3v) is 3.55. The maximum atomic E-state index is 12.9. The van der Waals surface area contributed by atoms with Crippen molar-refractivity contribution in [3.63, 3.8) is 0 Å². The Hall–Kier alpha value is -0.640. The van der Waals surface area contributed by atoms with Crippen LogP contribution in [0.5, 0.6) is 0 Å². The summed E-state index contributed by atoms with van der Waals surface area (Å²) in [6.45, 7) is 4.21. The molecule has 0 aromatic rings. The molecule has 4 heteroatoms. The van der Waals surface area contributed by atoms with Gasteiger partial charge in [0.2, 0.25) is 5.91 Å².